The summed E-state index contributed by atoms with van der Waals surface area (Å²) in [6, 6.07) is 13.0. The molecule has 0 spiro atoms. The lowest BCUT2D eigenvalue weighted by Gasteiger charge is -2.36. The van der Waals surface area contributed by atoms with E-state index in [1.165, 1.54) is 17.7 Å². The van der Waals surface area contributed by atoms with Gasteiger partial charge in [-0.2, -0.15) is 0 Å². The summed E-state index contributed by atoms with van der Waals surface area (Å²) >= 11 is 6.59. The van der Waals surface area contributed by atoms with Crippen LogP contribution in [0.25, 0.3) is 0 Å². The molecule has 10 heteroatoms. The summed E-state index contributed by atoms with van der Waals surface area (Å²) in [5, 5.41) is 0.496. The van der Waals surface area contributed by atoms with E-state index < -0.39 is 0 Å². The van der Waals surface area contributed by atoms with Gasteiger partial charge in [0.25, 0.3) is 0 Å². The molecule has 6 rings (SSSR count). The predicted octanol–water partition coefficient (Wildman–Crippen LogP) is 6.34. The van der Waals surface area contributed by atoms with Crippen molar-refractivity contribution >= 4 is 40.6 Å². The van der Waals surface area contributed by atoms with Gasteiger partial charge in [0.05, 0.1) is 48.9 Å². The van der Waals surface area contributed by atoms with E-state index >= 15 is 0 Å². The van der Waals surface area contributed by atoms with Gasteiger partial charge < -0.3 is 9.64 Å². The third-order valence-corrected chi connectivity index (χ3v) is 8.10. The maximum absolute atomic E-state index is 14.1. The Morgan fingerprint density at radius 1 is 1.00 bits per heavy atom. The van der Waals surface area contributed by atoms with Crippen LogP contribution in [-0.2, 0) is 13.0 Å². The summed E-state index contributed by atoms with van der Waals surface area (Å²) < 4.78 is 5.28. The smallest absolute Gasteiger partial charge is 0.336 e. The number of pyridine rings is 2. The number of hydrogen-bond acceptors (Lipinski definition) is 7. The number of carbonyl (C=O) groups excluding carboxylic acids is 1. The molecule has 9 nitrogen and oxygen atoms in total. The molecule has 3 aromatic heterocycles. The van der Waals surface area contributed by atoms with Crippen molar-refractivity contribution in [2.24, 2.45) is 5.92 Å². The van der Waals surface area contributed by atoms with Crippen LogP contribution in [0.5, 0.6) is 5.75 Å². The highest BCUT2D eigenvalue weighted by Gasteiger charge is 2.36. The number of fused-ring (bicyclic) bond motifs is 1. The molecule has 0 aliphatic carbocycles. The quantitative estimate of drug-likeness (QED) is 0.268. The number of methoxy groups -OCH3 is 1. The van der Waals surface area contributed by atoms with E-state index in [2.05, 4.69) is 27.9 Å². The molecule has 210 valence electrons. The molecule has 2 aliphatic heterocycles. The molecule has 1 fully saturated rings. The highest BCUT2D eigenvalue weighted by molar-refractivity contribution is 6.34. The molecule has 1 aromatic carbocycles. The molecule has 4 aromatic rings. The first-order chi connectivity index (χ1) is 19.9. The first-order valence-electron chi connectivity index (χ1n) is 13.8. The summed E-state index contributed by atoms with van der Waals surface area (Å²) in [7, 11) is 1.58. The summed E-state index contributed by atoms with van der Waals surface area (Å²) in [6.45, 7) is 6.65. The Bertz CT molecular complexity index is 1530. The normalized spacial score (nSPS) is 15.7. The zero-order chi connectivity index (χ0) is 28.5. The second kappa shape index (κ2) is 11.3. The van der Waals surface area contributed by atoms with E-state index in [0.717, 1.165) is 41.5 Å². The molecule has 2 aliphatic rings. The van der Waals surface area contributed by atoms with Gasteiger partial charge in [0.1, 0.15) is 17.4 Å². The third-order valence-electron chi connectivity index (χ3n) is 7.80. The van der Waals surface area contributed by atoms with Crippen molar-refractivity contribution in [2.75, 3.05) is 34.9 Å². The van der Waals surface area contributed by atoms with Gasteiger partial charge in [0.2, 0.25) is 0 Å². The van der Waals surface area contributed by atoms with Gasteiger partial charge in [0, 0.05) is 30.5 Å². The standard InChI is InChI=1S/C31H32ClN7O2/c1-20-11-13-37(14-12-20)24-8-7-23(33-17-24)15-27-34-16-22-19-38(29-21(2)5-4-6-26(29)32)31(40)39(30(22)36-27)28-10-9-25(41-3)18-35-28/h4-10,16-18,20H,11-15,19H2,1-3H3. The third kappa shape index (κ3) is 5.41. The summed E-state index contributed by atoms with van der Waals surface area (Å²) in [6.07, 6.45) is 8.15. The number of urea groups is 1. The van der Waals surface area contributed by atoms with Crippen LogP contribution in [0, 0.1) is 12.8 Å². The molecule has 0 unspecified atom stereocenters. The van der Waals surface area contributed by atoms with E-state index in [-0.39, 0.29) is 12.6 Å². The van der Waals surface area contributed by atoms with Crippen LogP contribution in [0.3, 0.4) is 0 Å². The van der Waals surface area contributed by atoms with Crippen molar-refractivity contribution < 1.29 is 9.53 Å². The molecular weight excluding hydrogens is 538 g/mol. The monoisotopic (exact) mass is 569 g/mol. The van der Waals surface area contributed by atoms with E-state index in [9.17, 15) is 4.79 Å². The van der Waals surface area contributed by atoms with Crippen LogP contribution in [0.2, 0.25) is 5.02 Å². The summed E-state index contributed by atoms with van der Waals surface area (Å²) in [5.74, 6) is 2.87. The molecule has 0 atom stereocenters. The van der Waals surface area contributed by atoms with Gasteiger partial charge in [-0.15, -0.1) is 0 Å². The highest BCUT2D eigenvalue weighted by Crippen LogP contribution is 2.39. The van der Waals surface area contributed by atoms with Gasteiger partial charge in [-0.25, -0.2) is 24.6 Å². The molecule has 2 amide bonds. The minimum Gasteiger partial charge on any atom is -0.495 e. The Labute approximate surface area is 244 Å². The SMILES string of the molecule is COc1ccc(N2C(=O)N(c3c(C)cccc3Cl)Cc3cnc(Cc4ccc(N5CCC(C)CC5)cn4)nc32)nc1. The lowest BCUT2D eigenvalue weighted by molar-refractivity contribution is 0.252. The zero-order valence-electron chi connectivity index (χ0n) is 23.4. The molecule has 41 heavy (non-hydrogen) atoms. The number of piperidine rings is 1. The summed E-state index contributed by atoms with van der Waals surface area (Å²) in [4.78, 5) is 38.4. The van der Waals surface area contributed by atoms with Gasteiger partial charge >= 0.3 is 6.03 Å². The minimum absolute atomic E-state index is 0.285. The van der Waals surface area contributed by atoms with Crippen LogP contribution in [-0.4, -0.2) is 46.2 Å². The van der Waals surface area contributed by atoms with Crippen molar-refractivity contribution in [3.8, 4) is 5.75 Å². The molecule has 0 radical (unpaired) electrons. The predicted molar refractivity (Wildman–Crippen MR) is 160 cm³/mol. The van der Waals surface area contributed by atoms with Crippen LogP contribution >= 0.6 is 11.6 Å². The Morgan fingerprint density at radius 2 is 1.83 bits per heavy atom. The van der Waals surface area contributed by atoms with Crippen LogP contribution in [0.15, 0.2) is 61.1 Å². The van der Waals surface area contributed by atoms with Gasteiger partial charge in [0.15, 0.2) is 5.82 Å². The second-order valence-electron chi connectivity index (χ2n) is 10.7. The Morgan fingerprint density at radius 3 is 2.51 bits per heavy atom. The number of rotatable bonds is 6. The van der Waals surface area contributed by atoms with Gasteiger partial charge in [-0.3, -0.25) is 9.88 Å². The summed E-state index contributed by atoms with van der Waals surface area (Å²) in [5.41, 5.74) is 4.34. The van der Waals surface area contributed by atoms with E-state index in [1.807, 2.05) is 31.3 Å². The molecule has 5 heterocycles. The number of aryl methyl sites for hydroxylation is 1. The average molecular weight is 570 g/mol. The number of aromatic nitrogens is 4. The van der Waals surface area contributed by atoms with Crippen LogP contribution in [0.1, 0.15) is 42.4 Å². The van der Waals surface area contributed by atoms with E-state index in [1.54, 1.807) is 42.6 Å². The second-order valence-corrected chi connectivity index (χ2v) is 11.1. The fourth-order valence-electron chi connectivity index (χ4n) is 5.38. The largest absolute Gasteiger partial charge is 0.495 e. The topological polar surface area (TPSA) is 87.6 Å². The van der Waals surface area contributed by atoms with Crippen LogP contribution < -0.4 is 19.4 Å². The minimum atomic E-state index is -0.297. The van der Waals surface area contributed by atoms with Crippen molar-refractivity contribution in [1.82, 2.24) is 19.9 Å². The first-order valence-corrected chi connectivity index (χ1v) is 14.2. The maximum Gasteiger partial charge on any atom is 0.336 e. The maximum atomic E-state index is 14.1. The number of halogens is 1. The van der Waals surface area contributed by atoms with Gasteiger partial charge in [-0.05, 0) is 61.6 Å². The molecule has 0 N–H and O–H groups in total. The van der Waals surface area contributed by atoms with Crippen molar-refractivity contribution in [3.63, 3.8) is 0 Å². The number of carbonyl (C=O) groups is 1. The number of amides is 2. The van der Waals surface area contributed by atoms with Gasteiger partial charge in [-0.1, -0.05) is 30.7 Å². The number of hydrogen-bond donors (Lipinski definition) is 0. The number of benzene rings is 1. The lowest BCUT2D eigenvalue weighted by Crippen LogP contribution is -2.46. The highest BCUT2D eigenvalue weighted by atomic mass is 35.5. The van der Waals surface area contributed by atoms with E-state index in [4.69, 9.17) is 26.3 Å². The average Bonchev–Trinajstić information content (AvgIpc) is 2.98. The fourth-order valence-corrected chi connectivity index (χ4v) is 5.71. The molecular formula is C31H32ClN7O2. The molecule has 0 bridgehead atoms. The number of anilines is 4. The fraction of sp³-hybridized carbons (Fsp3) is 0.323. The Kier molecular flexibility index (Phi) is 7.45. The number of nitrogens with zero attached hydrogens (tertiary/aromatic N) is 7. The van der Waals surface area contributed by atoms with Crippen molar-refractivity contribution in [1.29, 1.82) is 0 Å². The Balaban J connectivity index is 1.32. The molecule has 0 saturated carbocycles. The van der Waals surface area contributed by atoms with Crippen LogP contribution in [0.4, 0.5) is 27.8 Å². The van der Waals surface area contributed by atoms with E-state index in [0.29, 0.717) is 40.3 Å². The molecule has 1 saturated heterocycles. The zero-order valence-corrected chi connectivity index (χ0v) is 24.2. The van der Waals surface area contributed by atoms with Crippen molar-refractivity contribution in [2.45, 2.75) is 39.7 Å². The number of ether oxygens (including phenoxy) is 1. The first kappa shape index (κ1) is 27.0. The van der Waals surface area contributed by atoms with Crippen molar-refractivity contribution in [3.05, 3.63) is 88.7 Å². The number of para-hydroxylation sites is 1. The Hall–Kier alpha value is -4.24. The lowest BCUT2D eigenvalue weighted by atomic mass is 9.99.